The molecule has 1 heterocycles. The molecular formula is C12H13ClN2. The van der Waals surface area contributed by atoms with E-state index in [1.54, 1.807) is 0 Å². The molecule has 0 aliphatic rings. The summed E-state index contributed by atoms with van der Waals surface area (Å²) in [6.45, 7) is 1.94. The van der Waals surface area contributed by atoms with Gasteiger partial charge in [-0.3, -0.25) is 0 Å². The van der Waals surface area contributed by atoms with Gasteiger partial charge in [-0.25, -0.2) is 0 Å². The lowest BCUT2D eigenvalue weighted by Gasteiger charge is -2.06. The van der Waals surface area contributed by atoms with Crippen LogP contribution in [0.1, 0.15) is 18.7 Å². The minimum absolute atomic E-state index is 0.0484. The van der Waals surface area contributed by atoms with Gasteiger partial charge in [0.1, 0.15) is 5.15 Å². The fourth-order valence-corrected chi connectivity index (χ4v) is 1.86. The zero-order valence-corrected chi connectivity index (χ0v) is 9.25. The topological polar surface area (TPSA) is 41.8 Å². The Balaban J connectivity index is 2.53. The molecule has 0 aliphatic heterocycles. The summed E-state index contributed by atoms with van der Waals surface area (Å²) in [6.07, 6.45) is 0. The summed E-state index contributed by atoms with van der Waals surface area (Å²) in [5.41, 5.74) is 9.06. The highest BCUT2D eigenvalue weighted by atomic mass is 35.5. The third-order valence-corrected chi connectivity index (χ3v) is 2.56. The molecule has 0 amide bonds. The van der Waals surface area contributed by atoms with E-state index in [9.17, 15) is 0 Å². The van der Waals surface area contributed by atoms with E-state index in [0.717, 1.165) is 16.8 Å². The molecule has 0 fully saturated rings. The smallest absolute Gasteiger partial charge is 0.107 e. The summed E-state index contributed by atoms with van der Waals surface area (Å²) in [5.74, 6) is 0. The molecule has 0 saturated carbocycles. The SMILES string of the molecule is C[C@H](N)c1[nH]c(Cl)cc1-c1ccccc1. The Morgan fingerprint density at radius 1 is 1.27 bits per heavy atom. The van der Waals surface area contributed by atoms with Gasteiger partial charge in [-0.05, 0) is 18.6 Å². The fraction of sp³-hybridized carbons (Fsp3) is 0.167. The highest BCUT2D eigenvalue weighted by Gasteiger charge is 2.11. The molecule has 78 valence electrons. The molecular weight excluding hydrogens is 208 g/mol. The standard InChI is InChI=1S/C12H13ClN2/c1-8(14)12-10(7-11(13)15-12)9-5-3-2-4-6-9/h2-8,15H,14H2,1H3/t8-/m0/s1. The van der Waals surface area contributed by atoms with Crippen molar-refractivity contribution in [3.8, 4) is 11.1 Å². The Morgan fingerprint density at radius 2 is 1.93 bits per heavy atom. The van der Waals surface area contributed by atoms with Crippen molar-refractivity contribution in [2.45, 2.75) is 13.0 Å². The summed E-state index contributed by atoms with van der Waals surface area (Å²) in [4.78, 5) is 3.08. The molecule has 0 unspecified atom stereocenters. The van der Waals surface area contributed by atoms with E-state index in [2.05, 4.69) is 4.98 Å². The van der Waals surface area contributed by atoms with E-state index in [-0.39, 0.29) is 6.04 Å². The summed E-state index contributed by atoms with van der Waals surface area (Å²) >= 11 is 5.95. The van der Waals surface area contributed by atoms with Crippen molar-refractivity contribution in [3.63, 3.8) is 0 Å². The van der Waals surface area contributed by atoms with E-state index in [1.807, 2.05) is 43.3 Å². The summed E-state index contributed by atoms with van der Waals surface area (Å²) in [6, 6.07) is 11.9. The van der Waals surface area contributed by atoms with E-state index >= 15 is 0 Å². The Bertz CT molecular complexity index is 446. The van der Waals surface area contributed by atoms with Gasteiger partial charge in [0, 0.05) is 17.3 Å². The van der Waals surface area contributed by atoms with Crippen molar-refractivity contribution in [2.24, 2.45) is 5.73 Å². The second-order valence-corrected chi connectivity index (χ2v) is 4.01. The maximum Gasteiger partial charge on any atom is 0.107 e. The first-order valence-corrected chi connectivity index (χ1v) is 5.25. The first-order valence-electron chi connectivity index (χ1n) is 4.88. The predicted octanol–water partition coefficient (Wildman–Crippen LogP) is 3.35. The van der Waals surface area contributed by atoms with Crippen LogP contribution in [0.25, 0.3) is 11.1 Å². The molecule has 1 aromatic heterocycles. The number of rotatable bonds is 2. The van der Waals surface area contributed by atoms with Crippen LogP contribution in [0.2, 0.25) is 5.15 Å². The van der Waals surface area contributed by atoms with Crippen molar-refractivity contribution < 1.29 is 0 Å². The Labute approximate surface area is 94.1 Å². The minimum Gasteiger partial charge on any atom is -0.348 e. The molecule has 0 radical (unpaired) electrons. The van der Waals surface area contributed by atoms with Gasteiger partial charge in [-0.2, -0.15) is 0 Å². The predicted molar refractivity (Wildman–Crippen MR) is 63.8 cm³/mol. The van der Waals surface area contributed by atoms with Crippen LogP contribution in [0.4, 0.5) is 0 Å². The second kappa shape index (κ2) is 4.09. The monoisotopic (exact) mass is 220 g/mol. The molecule has 3 N–H and O–H groups in total. The van der Waals surface area contributed by atoms with Crippen molar-refractivity contribution in [2.75, 3.05) is 0 Å². The number of hydrogen-bond acceptors (Lipinski definition) is 1. The van der Waals surface area contributed by atoms with Crippen LogP contribution < -0.4 is 5.73 Å². The summed E-state index contributed by atoms with van der Waals surface area (Å²) < 4.78 is 0. The number of nitrogens with two attached hydrogens (primary N) is 1. The number of halogens is 1. The average molecular weight is 221 g/mol. The lowest BCUT2D eigenvalue weighted by atomic mass is 10.0. The van der Waals surface area contributed by atoms with Gasteiger partial charge in [-0.1, -0.05) is 41.9 Å². The van der Waals surface area contributed by atoms with Crippen LogP contribution in [-0.2, 0) is 0 Å². The van der Waals surface area contributed by atoms with E-state index in [0.29, 0.717) is 5.15 Å². The number of H-pyrrole nitrogens is 1. The van der Waals surface area contributed by atoms with Crippen LogP contribution in [0.5, 0.6) is 0 Å². The molecule has 0 bridgehead atoms. The highest BCUT2D eigenvalue weighted by Crippen LogP contribution is 2.29. The molecule has 3 heteroatoms. The van der Waals surface area contributed by atoms with Crippen LogP contribution >= 0.6 is 11.6 Å². The molecule has 2 aromatic rings. The van der Waals surface area contributed by atoms with Gasteiger partial charge < -0.3 is 10.7 Å². The minimum atomic E-state index is -0.0484. The highest BCUT2D eigenvalue weighted by molar-refractivity contribution is 6.29. The molecule has 2 rings (SSSR count). The van der Waals surface area contributed by atoms with Gasteiger partial charge in [0.15, 0.2) is 0 Å². The molecule has 1 atom stereocenters. The maximum atomic E-state index is 5.95. The lowest BCUT2D eigenvalue weighted by Crippen LogP contribution is -2.06. The molecule has 2 nitrogen and oxygen atoms in total. The van der Waals surface area contributed by atoms with Crippen molar-refractivity contribution in [3.05, 3.63) is 47.2 Å². The number of aromatic nitrogens is 1. The largest absolute Gasteiger partial charge is 0.348 e. The zero-order valence-electron chi connectivity index (χ0n) is 8.50. The number of aromatic amines is 1. The molecule has 15 heavy (non-hydrogen) atoms. The molecule has 0 spiro atoms. The third-order valence-electron chi connectivity index (χ3n) is 2.36. The summed E-state index contributed by atoms with van der Waals surface area (Å²) in [7, 11) is 0. The first kappa shape index (κ1) is 10.3. The average Bonchev–Trinajstić information content (AvgIpc) is 2.62. The van der Waals surface area contributed by atoms with E-state index < -0.39 is 0 Å². The fourth-order valence-electron chi connectivity index (χ4n) is 1.65. The van der Waals surface area contributed by atoms with Gasteiger partial charge in [0.05, 0.1) is 0 Å². The van der Waals surface area contributed by atoms with Crippen LogP contribution in [0.3, 0.4) is 0 Å². The number of benzene rings is 1. The quantitative estimate of drug-likeness (QED) is 0.801. The normalized spacial score (nSPS) is 12.7. The Kier molecular flexibility index (Phi) is 2.80. The van der Waals surface area contributed by atoms with Crippen molar-refractivity contribution in [1.29, 1.82) is 0 Å². The third kappa shape index (κ3) is 2.06. The lowest BCUT2D eigenvalue weighted by molar-refractivity contribution is 0.791. The van der Waals surface area contributed by atoms with E-state index in [1.165, 1.54) is 0 Å². The van der Waals surface area contributed by atoms with Crippen molar-refractivity contribution in [1.82, 2.24) is 4.98 Å². The van der Waals surface area contributed by atoms with Crippen LogP contribution in [-0.4, -0.2) is 4.98 Å². The Hall–Kier alpha value is -1.25. The Morgan fingerprint density at radius 3 is 2.53 bits per heavy atom. The molecule has 0 saturated heterocycles. The van der Waals surface area contributed by atoms with Gasteiger partial charge in [-0.15, -0.1) is 0 Å². The van der Waals surface area contributed by atoms with Gasteiger partial charge in [0.25, 0.3) is 0 Å². The molecule has 1 aromatic carbocycles. The first-order chi connectivity index (χ1) is 7.18. The number of hydrogen-bond donors (Lipinski definition) is 2. The maximum absolute atomic E-state index is 5.95. The zero-order chi connectivity index (χ0) is 10.8. The van der Waals surface area contributed by atoms with Crippen LogP contribution in [0.15, 0.2) is 36.4 Å². The number of nitrogens with one attached hydrogen (secondary N) is 1. The van der Waals surface area contributed by atoms with E-state index in [4.69, 9.17) is 17.3 Å². The van der Waals surface area contributed by atoms with Crippen LogP contribution in [0, 0.1) is 0 Å². The van der Waals surface area contributed by atoms with Gasteiger partial charge in [0.2, 0.25) is 0 Å². The summed E-state index contributed by atoms with van der Waals surface area (Å²) in [5, 5.41) is 0.626. The van der Waals surface area contributed by atoms with Gasteiger partial charge >= 0.3 is 0 Å². The second-order valence-electron chi connectivity index (χ2n) is 3.60. The molecule has 0 aliphatic carbocycles. The van der Waals surface area contributed by atoms with Crippen molar-refractivity contribution >= 4 is 11.6 Å².